The Morgan fingerprint density at radius 3 is 2.50 bits per heavy atom. The number of aromatic nitrogens is 1. The Morgan fingerprint density at radius 2 is 1.96 bits per heavy atom. The van der Waals surface area contributed by atoms with E-state index in [0.29, 0.717) is 0 Å². The van der Waals surface area contributed by atoms with E-state index in [1.165, 1.54) is 0 Å². The van der Waals surface area contributed by atoms with E-state index >= 15 is 0 Å². The number of nitro groups is 1. The summed E-state index contributed by atoms with van der Waals surface area (Å²) in [7, 11) is 0. The average molecular weight is 388 g/mol. The van der Waals surface area contributed by atoms with Gasteiger partial charge in [-0.3, -0.25) is 19.7 Å². The molecule has 10 nitrogen and oxygen atoms in total. The Kier molecular flexibility index (Phi) is 8.43. The summed E-state index contributed by atoms with van der Waals surface area (Å²) in [4.78, 5) is 49.3. The van der Waals surface area contributed by atoms with Gasteiger partial charge in [0.05, 0.1) is 23.2 Å². The maximum Gasteiger partial charge on any atom is 0.328 e. The van der Waals surface area contributed by atoms with Gasteiger partial charge in [-0.15, -0.1) is 0 Å². The van der Waals surface area contributed by atoms with Crippen molar-refractivity contribution in [1.82, 2.24) is 10.3 Å². The summed E-state index contributed by atoms with van der Waals surface area (Å²) in [5, 5.41) is 12.8. The van der Waals surface area contributed by atoms with E-state index in [4.69, 9.17) is 21.1 Å². The number of halogens is 1. The van der Waals surface area contributed by atoms with Crippen molar-refractivity contribution in [2.75, 3.05) is 13.2 Å². The van der Waals surface area contributed by atoms with Crippen LogP contribution in [0, 0.1) is 10.1 Å². The van der Waals surface area contributed by atoms with Crippen LogP contribution in [0.5, 0.6) is 0 Å². The molecule has 1 rings (SSSR count). The molecule has 0 aromatic carbocycles. The molecule has 1 aromatic heterocycles. The van der Waals surface area contributed by atoms with E-state index in [0.717, 1.165) is 12.3 Å². The zero-order valence-electron chi connectivity index (χ0n) is 14.2. The largest absolute Gasteiger partial charge is 0.466 e. The van der Waals surface area contributed by atoms with E-state index in [-0.39, 0.29) is 42.5 Å². The molecule has 1 unspecified atom stereocenters. The number of rotatable bonds is 9. The summed E-state index contributed by atoms with van der Waals surface area (Å²) in [6, 6.07) is -0.151. The number of pyridine rings is 1. The number of carbonyl (C=O) groups excluding carboxylic acids is 3. The van der Waals surface area contributed by atoms with Crippen molar-refractivity contribution in [3.8, 4) is 0 Å². The molecule has 0 fully saturated rings. The standard InChI is InChI=1S/C15H18ClN3O7/c1-3-25-12(20)6-5-11(15(22)26-4-2)18-14(21)13-10(16)7-9(8-17-13)19(23)24/h7-8,11H,3-6H2,1-2H3,(H,18,21). The Bertz CT molecular complexity index is 696. The highest BCUT2D eigenvalue weighted by Gasteiger charge is 2.26. The van der Waals surface area contributed by atoms with Gasteiger partial charge in [-0.2, -0.15) is 0 Å². The molecule has 0 radical (unpaired) electrons. The number of ether oxygens (including phenoxy) is 2. The minimum atomic E-state index is -1.13. The first-order chi connectivity index (χ1) is 12.3. The van der Waals surface area contributed by atoms with E-state index < -0.39 is 28.8 Å². The third-order valence-corrected chi connectivity index (χ3v) is 3.36. The summed E-state index contributed by atoms with van der Waals surface area (Å²) >= 11 is 5.84. The Hall–Kier alpha value is -2.75. The second kappa shape index (κ2) is 10.3. The fourth-order valence-electron chi connectivity index (χ4n) is 1.91. The summed E-state index contributed by atoms with van der Waals surface area (Å²) < 4.78 is 9.64. The highest BCUT2D eigenvalue weighted by atomic mass is 35.5. The highest BCUT2D eigenvalue weighted by Crippen LogP contribution is 2.20. The highest BCUT2D eigenvalue weighted by molar-refractivity contribution is 6.33. The van der Waals surface area contributed by atoms with Crippen molar-refractivity contribution in [2.24, 2.45) is 0 Å². The monoisotopic (exact) mass is 387 g/mol. The van der Waals surface area contributed by atoms with Crippen molar-refractivity contribution in [3.63, 3.8) is 0 Å². The predicted molar refractivity (Wildman–Crippen MR) is 89.7 cm³/mol. The first-order valence-electron chi connectivity index (χ1n) is 7.73. The third kappa shape index (κ3) is 6.28. The lowest BCUT2D eigenvalue weighted by Gasteiger charge is -2.17. The van der Waals surface area contributed by atoms with Crippen molar-refractivity contribution in [1.29, 1.82) is 0 Å². The van der Waals surface area contributed by atoms with Crippen LogP contribution >= 0.6 is 11.6 Å². The van der Waals surface area contributed by atoms with Gasteiger partial charge in [-0.1, -0.05) is 11.6 Å². The number of hydrogen-bond donors (Lipinski definition) is 1. The van der Waals surface area contributed by atoms with Gasteiger partial charge >= 0.3 is 11.9 Å². The second-order valence-corrected chi connectivity index (χ2v) is 5.31. The maximum atomic E-state index is 12.3. The molecule has 0 spiro atoms. The third-order valence-electron chi connectivity index (χ3n) is 3.07. The number of amides is 1. The summed E-state index contributed by atoms with van der Waals surface area (Å²) in [6.07, 6.45) is 0.714. The summed E-state index contributed by atoms with van der Waals surface area (Å²) in [5.41, 5.74) is -0.668. The molecule has 26 heavy (non-hydrogen) atoms. The minimum Gasteiger partial charge on any atom is -0.466 e. The Morgan fingerprint density at radius 1 is 1.31 bits per heavy atom. The van der Waals surface area contributed by atoms with E-state index in [1.807, 2.05) is 0 Å². The van der Waals surface area contributed by atoms with Crippen molar-refractivity contribution < 1.29 is 28.8 Å². The molecule has 0 aliphatic heterocycles. The number of nitrogens with zero attached hydrogens (tertiary/aromatic N) is 2. The fraction of sp³-hybridized carbons (Fsp3) is 0.467. The molecular formula is C15H18ClN3O7. The van der Waals surface area contributed by atoms with Crippen molar-refractivity contribution >= 4 is 35.1 Å². The normalized spacial score (nSPS) is 11.3. The van der Waals surface area contributed by atoms with Gasteiger partial charge in [0.25, 0.3) is 11.6 Å². The molecule has 1 N–H and O–H groups in total. The molecule has 1 heterocycles. The molecule has 1 atom stereocenters. The summed E-state index contributed by atoms with van der Waals surface area (Å²) in [6.45, 7) is 3.51. The van der Waals surface area contributed by atoms with Gasteiger partial charge in [-0.05, 0) is 20.3 Å². The van der Waals surface area contributed by atoms with Gasteiger partial charge < -0.3 is 14.8 Å². The molecule has 0 saturated heterocycles. The lowest BCUT2D eigenvalue weighted by molar-refractivity contribution is -0.385. The van der Waals surface area contributed by atoms with E-state index in [1.54, 1.807) is 13.8 Å². The number of esters is 2. The SMILES string of the molecule is CCOC(=O)CCC(NC(=O)c1ncc([N+](=O)[O-])cc1Cl)C(=O)OCC. The topological polar surface area (TPSA) is 138 Å². The molecule has 142 valence electrons. The van der Waals surface area contributed by atoms with E-state index in [2.05, 4.69) is 10.3 Å². The van der Waals surface area contributed by atoms with Crippen LogP contribution in [0.2, 0.25) is 5.02 Å². The first-order valence-corrected chi connectivity index (χ1v) is 8.10. The molecule has 0 bridgehead atoms. The van der Waals surface area contributed by atoms with Gasteiger partial charge in [0.15, 0.2) is 0 Å². The molecule has 0 saturated carbocycles. The average Bonchev–Trinajstić information content (AvgIpc) is 2.58. The Labute approximate surface area is 154 Å². The quantitative estimate of drug-likeness (QED) is 0.383. The van der Waals surface area contributed by atoms with Crippen LogP contribution < -0.4 is 5.32 Å². The predicted octanol–water partition coefficient (Wildman–Crippen LogP) is 1.65. The van der Waals surface area contributed by atoms with Crippen LogP contribution in [0.3, 0.4) is 0 Å². The minimum absolute atomic E-state index is 0.0476. The van der Waals surface area contributed by atoms with Crippen LogP contribution in [-0.2, 0) is 19.1 Å². The lowest BCUT2D eigenvalue weighted by atomic mass is 10.1. The fourth-order valence-corrected chi connectivity index (χ4v) is 2.15. The molecule has 0 aliphatic carbocycles. The van der Waals surface area contributed by atoms with Crippen LogP contribution in [0.4, 0.5) is 5.69 Å². The van der Waals surface area contributed by atoms with Crippen LogP contribution in [0.25, 0.3) is 0 Å². The first kappa shape index (κ1) is 21.3. The second-order valence-electron chi connectivity index (χ2n) is 4.90. The summed E-state index contributed by atoms with van der Waals surface area (Å²) in [5.74, 6) is -2.09. The van der Waals surface area contributed by atoms with Crippen LogP contribution in [0.1, 0.15) is 37.2 Å². The van der Waals surface area contributed by atoms with Crippen molar-refractivity contribution in [2.45, 2.75) is 32.7 Å². The molecule has 0 aliphatic rings. The number of hydrogen-bond acceptors (Lipinski definition) is 8. The van der Waals surface area contributed by atoms with Crippen LogP contribution in [-0.4, -0.2) is 47.0 Å². The van der Waals surface area contributed by atoms with Gasteiger partial charge in [0.2, 0.25) is 0 Å². The van der Waals surface area contributed by atoms with Gasteiger partial charge in [0.1, 0.15) is 17.9 Å². The molecule has 1 aromatic rings. The van der Waals surface area contributed by atoms with Gasteiger partial charge in [0, 0.05) is 12.5 Å². The number of nitrogens with one attached hydrogen (secondary N) is 1. The van der Waals surface area contributed by atoms with Crippen molar-refractivity contribution in [3.05, 3.63) is 33.1 Å². The van der Waals surface area contributed by atoms with Crippen LogP contribution in [0.15, 0.2) is 12.3 Å². The molecular weight excluding hydrogens is 370 g/mol. The molecule has 1 amide bonds. The maximum absolute atomic E-state index is 12.3. The number of carbonyl (C=O) groups is 3. The Balaban J connectivity index is 2.88. The van der Waals surface area contributed by atoms with E-state index in [9.17, 15) is 24.5 Å². The zero-order valence-corrected chi connectivity index (χ0v) is 14.9. The lowest BCUT2D eigenvalue weighted by Crippen LogP contribution is -2.42. The smallest absolute Gasteiger partial charge is 0.328 e. The molecule has 11 heteroatoms. The zero-order chi connectivity index (χ0) is 19.7. The van der Waals surface area contributed by atoms with Gasteiger partial charge in [-0.25, -0.2) is 9.78 Å².